The summed E-state index contributed by atoms with van der Waals surface area (Å²) >= 11 is 0. The maximum absolute atomic E-state index is 12.6. The fourth-order valence-corrected chi connectivity index (χ4v) is 3.28. The molecule has 0 aliphatic carbocycles. The van der Waals surface area contributed by atoms with Gasteiger partial charge in [-0.3, -0.25) is 9.69 Å². The van der Waals surface area contributed by atoms with E-state index in [0.29, 0.717) is 49.9 Å². The monoisotopic (exact) mass is 412 g/mol. The van der Waals surface area contributed by atoms with Crippen LogP contribution in [0, 0.1) is 0 Å². The van der Waals surface area contributed by atoms with Crippen molar-refractivity contribution in [3.05, 3.63) is 48.5 Å². The first-order valence-corrected chi connectivity index (χ1v) is 9.83. The van der Waals surface area contributed by atoms with Crippen molar-refractivity contribution >= 4 is 23.3 Å². The average Bonchev–Trinajstić information content (AvgIpc) is 2.79. The van der Waals surface area contributed by atoms with E-state index in [1.165, 1.54) is 0 Å². The summed E-state index contributed by atoms with van der Waals surface area (Å²) in [5.41, 5.74) is 1.48. The van der Waals surface area contributed by atoms with Crippen molar-refractivity contribution in [1.29, 1.82) is 0 Å². The van der Waals surface area contributed by atoms with Crippen LogP contribution in [0.3, 0.4) is 0 Å². The normalized spacial score (nSPS) is 14.2. The summed E-state index contributed by atoms with van der Waals surface area (Å²) in [4.78, 5) is 30.7. The van der Waals surface area contributed by atoms with E-state index in [1.807, 2.05) is 30.3 Å². The van der Waals surface area contributed by atoms with Crippen LogP contribution in [0.25, 0.3) is 0 Å². The first-order valence-electron chi connectivity index (χ1n) is 9.83. The summed E-state index contributed by atoms with van der Waals surface area (Å²) in [6.45, 7) is 2.71. The Morgan fingerprint density at radius 2 is 1.57 bits per heavy atom. The largest absolute Gasteiger partial charge is 0.497 e. The van der Waals surface area contributed by atoms with Crippen LogP contribution >= 0.6 is 0 Å². The van der Waals surface area contributed by atoms with E-state index in [-0.39, 0.29) is 11.9 Å². The molecule has 0 spiro atoms. The second-order valence-electron chi connectivity index (χ2n) is 7.08. The Hall–Kier alpha value is -3.26. The van der Waals surface area contributed by atoms with Crippen LogP contribution in [0.1, 0.15) is 0 Å². The highest BCUT2D eigenvalue weighted by atomic mass is 16.5. The number of ether oxygens (including phenoxy) is 2. The highest BCUT2D eigenvalue weighted by Crippen LogP contribution is 2.26. The molecule has 3 amide bonds. The van der Waals surface area contributed by atoms with Crippen LogP contribution in [0.2, 0.25) is 0 Å². The number of benzene rings is 2. The zero-order valence-electron chi connectivity index (χ0n) is 17.6. The second kappa shape index (κ2) is 9.98. The standard InChI is InChI=1S/C22H28N4O4/c1-24(18-7-5-4-6-8-18)21(27)16-25-9-11-26(12-10-25)22(28)23-17-13-19(29-2)15-20(14-17)30-3/h4-8,13-15H,9-12,16H2,1-3H3,(H,23,28). The van der Waals surface area contributed by atoms with Crippen LogP contribution < -0.4 is 19.7 Å². The molecule has 1 heterocycles. The summed E-state index contributed by atoms with van der Waals surface area (Å²) in [6, 6.07) is 14.6. The van der Waals surface area contributed by atoms with Gasteiger partial charge in [-0.05, 0) is 12.1 Å². The molecular weight excluding hydrogens is 384 g/mol. The number of rotatable bonds is 6. The van der Waals surface area contributed by atoms with Gasteiger partial charge in [0, 0.05) is 62.8 Å². The summed E-state index contributed by atoms with van der Waals surface area (Å²) in [5.74, 6) is 1.24. The van der Waals surface area contributed by atoms with Gasteiger partial charge < -0.3 is 24.6 Å². The first kappa shape index (κ1) is 21.4. The minimum atomic E-state index is -0.183. The van der Waals surface area contributed by atoms with Gasteiger partial charge in [0.2, 0.25) is 5.91 Å². The molecule has 0 aromatic heterocycles. The van der Waals surface area contributed by atoms with Gasteiger partial charge >= 0.3 is 6.03 Å². The number of likely N-dealkylation sites (N-methyl/N-ethyl adjacent to an activating group) is 1. The van der Waals surface area contributed by atoms with E-state index < -0.39 is 0 Å². The zero-order valence-corrected chi connectivity index (χ0v) is 17.6. The van der Waals surface area contributed by atoms with Crippen molar-refractivity contribution in [3.8, 4) is 11.5 Å². The van der Waals surface area contributed by atoms with E-state index in [1.54, 1.807) is 49.3 Å². The fourth-order valence-electron chi connectivity index (χ4n) is 3.28. The smallest absolute Gasteiger partial charge is 0.321 e. The second-order valence-corrected chi connectivity index (χ2v) is 7.08. The van der Waals surface area contributed by atoms with Crippen molar-refractivity contribution in [3.63, 3.8) is 0 Å². The number of methoxy groups -OCH3 is 2. The molecule has 0 unspecified atom stereocenters. The average molecular weight is 412 g/mol. The Balaban J connectivity index is 1.50. The van der Waals surface area contributed by atoms with Crippen LogP contribution in [0.5, 0.6) is 11.5 Å². The Bertz CT molecular complexity index is 844. The van der Waals surface area contributed by atoms with Gasteiger partial charge in [-0.2, -0.15) is 0 Å². The summed E-state index contributed by atoms with van der Waals surface area (Å²) in [6.07, 6.45) is 0. The van der Waals surface area contributed by atoms with Crippen molar-refractivity contribution < 1.29 is 19.1 Å². The van der Waals surface area contributed by atoms with Gasteiger partial charge in [0.25, 0.3) is 0 Å². The van der Waals surface area contributed by atoms with E-state index in [4.69, 9.17) is 9.47 Å². The van der Waals surface area contributed by atoms with Crippen LogP contribution in [-0.2, 0) is 4.79 Å². The lowest BCUT2D eigenvalue weighted by Gasteiger charge is -2.35. The van der Waals surface area contributed by atoms with Crippen molar-refractivity contribution in [2.75, 3.05) is 64.2 Å². The summed E-state index contributed by atoms with van der Waals surface area (Å²) in [5, 5.41) is 2.89. The topological polar surface area (TPSA) is 74.4 Å². The summed E-state index contributed by atoms with van der Waals surface area (Å²) in [7, 11) is 4.91. The third-order valence-corrected chi connectivity index (χ3v) is 5.14. The highest BCUT2D eigenvalue weighted by Gasteiger charge is 2.24. The lowest BCUT2D eigenvalue weighted by atomic mass is 10.2. The first-order chi connectivity index (χ1) is 14.5. The van der Waals surface area contributed by atoms with Gasteiger partial charge in [0.05, 0.1) is 20.8 Å². The lowest BCUT2D eigenvalue weighted by Crippen LogP contribution is -2.52. The maximum atomic E-state index is 12.6. The van der Waals surface area contributed by atoms with Crippen molar-refractivity contribution in [2.24, 2.45) is 0 Å². The number of urea groups is 1. The van der Waals surface area contributed by atoms with E-state index >= 15 is 0 Å². The van der Waals surface area contributed by atoms with E-state index in [9.17, 15) is 9.59 Å². The molecule has 2 aromatic carbocycles. The molecule has 1 aliphatic rings. The minimum Gasteiger partial charge on any atom is -0.497 e. The molecule has 160 valence electrons. The number of para-hydroxylation sites is 1. The van der Waals surface area contributed by atoms with E-state index in [0.717, 1.165) is 5.69 Å². The number of carbonyl (C=O) groups is 2. The molecule has 1 fully saturated rings. The minimum absolute atomic E-state index is 0.0302. The maximum Gasteiger partial charge on any atom is 0.321 e. The van der Waals surface area contributed by atoms with Gasteiger partial charge in [0.15, 0.2) is 0 Å². The molecule has 0 bridgehead atoms. The quantitative estimate of drug-likeness (QED) is 0.789. The third-order valence-electron chi connectivity index (χ3n) is 5.14. The number of hydrogen-bond acceptors (Lipinski definition) is 5. The molecule has 1 aliphatic heterocycles. The number of nitrogens with one attached hydrogen (secondary N) is 1. The molecule has 0 atom stereocenters. The van der Waals surface area contributed by atoms with Crippen molar-refractivity contribution in [1.82, 2.24) is 9.80 Å². The number of nitrogens with zero attached hydrogens (tertiary/aromatic N) is 3. The molecule has 0 radical (unpaired) electrons. The van der Waals surface area contributed by atoms with Crippen LogP contribution in [-0.4, -0.2) is 75.7 Å². The number of anilines is 2. The molecule has 3 rings (SSSR count). The molecular formula is C22H28N4O4. The molecule has 1 saturated heterocycles. The molecule has 0 saturated carbocycles. The Morgan fingerprint density at radius 1 is 0.967 bits per heavy atom. The number of piperazine rings is 1. The highest BCUT2D eigenvalue weighted by molar-refractivity contribution is 5.94. The Labute approximate surface area is 177 Å². The number of amides is 3. The van der Waals surface area contributed by atoms with Gasteiger partial charge in [-0.25, -0.2) is 4.79 Å². The molecule has 30 heavy (non-hydrogen) atoms. The summed E-state index contributed by atoms with van der Waals surface area (Å²) < 4.78 is 10.5. The zero-order chi connectivity index (χ0) is 21.5. The molecule has 8 nitrogen and oxygen atoms in total. The lowest BCUT2D eigenvalue weighted by molar-refractivity contribution is -0.119. The van der Waals surface area contributed by atoms with Crippen molar-refractivity contribution in [2.45, 2.75) is 0 Å². The van der Waals surface area contributed by atoms with E-state index in [2.05, 4.69) is 10.2 Å². The van der Waals surface area contributed by atoms with Gasteiger partial charge in [-0.1, -0.05) is 18.2 Å². The Morgan fingerprint density at radius 3 is 2.13 bits per heavy atom. The SMILES string of the molecule is COc1cc(NC(=O)N2CCN(CC(=O)N(C)c3ccccc3)CC2)cc(OC)c1. The van der Waals surface area contributed by atoms with Gasteiger partial charge in [0.1, 0.15) is 11.5 Å². The Kier molecular flexibility index (Phi) is 7.13. The number of carbonyl (C=O) groups excluding carboxylic acids is 2. The van der Waals surface area contributed by atoms with Gasteiger partial charge in [-0.15, -0.1) is 0 Å². The predicted octanol–water partition coefficient (Wildman–Crippen LogP) is 2.52. The molecule has 1 N–H and O–H groups in total. The van der Waals surface area contributed by atoms with Crippen LogP contribution in [0.4, 0.5) is 16.2 Å². The predicted molar refractivity (Wildman–Crippen MR) is 116 cm³/mol. The fraction of sp³-hybridized carbons (Fsp3) is 0.364. The number of hydrogen-bond donors (Lipinski definition) is 1. The molecule has 8 heteroatoms. The molecule has 2 aromatic rings. The van der Waals surface area contributed by atoms with Crippen LogP contribution in [0.15, 0.2) is 48.5 Å². The third kappa shape index (κ3) is 5.42.